The zero-order valence-electron chi connectivity index (χ0n) is 14.6. The summed E-state index contributed by atoms with van der Waals surface area (Å²) >= 11 is 0. The largest absolute Gasteiger partial charge is 0.384 e. The summed E-state index contributed by atoms with van der Waals surface area (Å²) < 4.78 is 13.0. The maximum atomic E-state index is 13.0. The Hall–Kier alpha value is -2.67. The Bertz CT molecular complexity index is 717. The molecule has 0 saturated heterocycles. The van der Waals surface area contributed by atoms with Crippen molar-refractivity contribution in [3.63, 3.8) is 0 Å². The van der Waals surface area contributed by atoms with Gasteiger partial charge in [-0.2, -0.15) is 0 Å². The van der Waals surface area contributed by atoms with Crippen LogP contribution in [0, 0.1) is 5.82 Å². The van der Waals surface area contributed by atoms with Crippen LogP contribution in [0.2, 0.25) is 0 Å². The van der Waals surface area contributed by atoms with Crippen molar-refractivity contribution >= 4 is 11.8 Å². The van der Waals surface area contributed by atoms with Gasteiger partial charge in [0.2, 0.25) is 0 Å². The predicted octanol–water partition coefficient (Wildman–Crippen LogP) is 1.99. The number of urea groups is 1. The number of rotatable bonds is 6. The Morgan fingerprint density at radius 3 is 2.56 bits per heavy atom. The standard InChI is InChI=1S/C18H23FN4O2/c1-18(25,14-4-6-15(19)7-5-14)12-22-17(24)21-11-13-8-9-20-16(10-13)23(2)3/h4-10,25H,11-12H2,1-3H3,(H2,21,22,24). The van der Waals surface area contributed by atoms with E-state index in [1.54, 1.807) is 13.1 Å². The molecule has 0 aliphatic heterocycles. The lowest BCUT2D eigenvalue weighted by Gasteiger charge is -2.24. The van der Waals surface area contributed by atoms with Gasteiger partial charge in [-0.05, 0) is 42.3 Å². The Labute approximate surface area is 146 Å². The molecule has 3 N–H and O–H groups in total. The molecule has 0 aliphatic carbocycles. The number of benzene rings is 1. The molecule has 0 aliphatic rings. The van der Waals surface area contributed by atoms with E-state index in [1.165, 1.54) is 24.3 Å². The van der Waals surface area contributed by atoms with E-state index >= 15 is 0 Å². The van der Waals surface area contributed by atoms with Gasteiger partial charge in [-0.25, -0.2) is 14.2 Å². The molecule has 2 amide bonds. The number of hydrogen-bond donors (Lipinski definition) is 3. The van der Waals surface area contributed by atoms with E-state index in [-0.39, 0.29) is 12.4 Å². The highest BCUT2D eigenvalue weighted by molar-refractivity contribution is 5.74. The summed E-state index contributed by atoms with van der Waals surface area (Å²) in [5.74, 6) is 0.429. The second kappa shape index (κ2) is 7.94. The highest BCUT2D eigenvalue weighted by Crippen LogP contribution is 2.19. The Kier molecular flexibility index (Phi) is 5.93. The van der Waals surface area contributed by atoms with Gasteiger partial charge in [-0.15, -0.1) is 0 Å². The van der Waals surface area contributed by atoms with Gasteiger partial charge in [0.1, 0.15) is 17.2 Å². The number of pyridine rings is 1. The van der Waals surface area contributed by atoms with Crippen molar-refractivity contribution in [2.75, 3.05) is 25.5 Å². The van der Waals surface area contributed by atoms with Crippen LogP contribution >= 0.6 is 0 Å². The molecule has 6 nitrogen and oxygen atoms in total. The molecule has 0 radical (unpaired) electrons. The molecule has 1 unspecified atom stereocenters. The average Bonchev–Trinajstić information content (AvgIpc) is 2.59. The maximum Gasteiger partial charge on any atom is 0.315 e. The van der Waals surface area contributed by atoms with Crippen molar-refractivity contribution in [1.82, 2.24) is 15.6 Å². The smallest absolute Gasteiger partial charge is 0.315 e. The number of hydrogen-bond acceptors (Lipinski definition) is 4. The summed E-state index contributed by atoms with van der Waals surface area (Å²) in [5.41, 5.74) is 0.151. The fourth-order valence-electron chi connectivity index (χ4n) is 2.22. The lowest BCUT2D eigenvalue weighted by molar-refractivity contribution is 0.0593. The molecule has 0 bridgehead atoms. The topological polar surface area (TPSA) is 77.5 Å². The predicted molar refractivity (Wildman–Crippen MR) is 94.8 cm³/mol. The first-order valence-electron chi connectivity index (χ1n) is 7.90. The lowest BCUT2D eigenvalue weighted by Crippen LogP contribution is -2.43. The number of anilines is 1. The van der Waals surface area contributed by atoms with Crippen molar-refractivity contribution in [2.24, 2.45) is 0 Å². The molecule has 1 heterocycles. The number of aliphatic hydroxyl groups is 1. The van der Waals surface area contributed by atoms with E-state index in [2.05, 4.69) is 15.6 Å². The van der Waals surface area contributed by atoms with Crippen LogP contribution in [0.3, 0.4) is 0 Å². The second-order valence-electron chi connectivity index (χ2n) is 6.23. The van der Waals surface area contributed by atoms with E-state index in [4.69, 9.17) is 0 Å². The van der Waals surface area contributed by atoms with Crippen molar-refractivity contribution < 1.29 is 14.3 Å². The average molecular weight is 346 g/mol. The molecule has 0 fully saturated rings. The molecule has 25 heavy (non-hydrogen) atoms. The minimum absolute atomic E-state index is 0.00373. The maximum absolute atomic E-state index is 13.0. The zero-order chi connectivity index (χ0) is 18.4. The number of aromatic nitrogens is 1. The molecule has 1 aromatic heterocycles. The number of carbonyl (C=O) groups excluding carboxylic acids is 1. The van der Waals surface area contributed by atoms with Gasteiger partial charge in [0.05, 0.1) is 6.54 Å². The third-order valence-electron chi connectivity index (χ3n) is 3.78. The van der Waals surface area contributed by atoms with Crippen LogP contribution < -0.4 is 15.5 Å². The van der Waals surface area contributed by atoms with Crippen molar-refractivity contribution in [3.8, 4) is 0 Å². The normalized spacial score (nSPS) is 13.0. The SMILES string of the molecule is CN(C)c1cc(CNC(=O)NCC(C)(O)c2ccc(F)cc2)ccn1. The van der Waals surface area contributed by atoms with E-state index in [1.807, 2.05) is 31.1 Å². The number of nitrogens with zero attached hydrogens (tertiary/aromatic N) is 2. The van der Waals surface area contributed by atoms with Crippen LogP contribution in [-0.2, 0) is 12.1 Å². The molecule has 1 atom stereocenters. The summed E-state index contributed by atoms with van der Waals surface area (Å²) in [4.78, 5) is 18.0. The molecule has 7 heteroatoms. The first-order valence-corrected chi connectivity index (χ1v) is 7.90. The molecule has 2 aromatic rings. The highest BCUT2D eigenvalue weighted by atomic mass is 19.1. The quantitative estimate of drug-likeness (QED) is 0.748. The molecule has 1 aromatic carbocycles. The molecular weight excluding hydrogens is 323 g/mol. The number of carbonyl (C=O) groups is 1. The van der Waals surface area contributed by atoms with Crippen LogP contribution in [0.4, 0.5) is 15.0 Å². The molecule has 0 saturated carbocycles. The number of amides is 2. The van der Waals surface area contributed by atoms with E-state index in [0.29, 0.717) is 12.1 Å². The monoisotopic (exact) mass is 346 g/mol. The van der Waals surface area contributed by atoms with Gasteiger partial charge in [0.25, 0.3) is 0 Å². The third-order valence-corrected chi connectivity index (χ3v) is 3.78. The minimum Gasteiger partial charge on any atom is -0.384 e. The van der Waals surface area contributed by atoms with E-state index < -0.39 is 11.6 Å². The van der Waals surface area contributed by atoms with Crippen molar-refractivity contribution in [1.29, 1.82) is 0 Å². The Balaban J connectivity index is 1.86. The fraction of sp³-hybridized carbons (Fsp3) is 0.333. The first-order chi connectivity index (χ1) is 11.8. The molecule has 2 rings (SSSR count). The van der Waals surface area contributed by atoms with Gasteiger partial charge in [-0.3, -0.25) is 0 Å². The van der Waals surface area contributed by atoms with E-state index in [9.17, 15) is 14.3 Å². The van der Waals surface area contributed by atoms with Crippen LogP contribution in [0.5, 0.6) is 0 Å². The summed E-state index contributed by atoms with van der Waals surface area (Å²) in [6, 6.07) is 8.84. The number of halogens is 1. The van der Waals surface area contributed by atoms with Crippen LogP contribution in [0.15, 0.2) is 42.6 Å². The molecule has 0 spiro atoms. The summed E-state index contributed by atoms with van der Waals surface area (Å²) in [7, 11) is 3.79. The lowest BCUT2D eigenvalue weighted by atomic mass is 9.96. The number of nitrogens with one attached hydrogen (secondary N) is 2. The second-order valence-corrected chi connectivity index (χ2v) is 6.23. The van der Waals surface area contributed by atoms with Gasteiger partial charge in [0.15, 0.2) is 0 Å². The van der Waals surface area contributed by atoms with Gasteiger partial charge < -0.3 is 20.6 Å². The Morgan fingerprint density at radius 2 is 1.92 bits per heavy atom. The van der Waals surface area contributed by atoms with Crippen LogP contribution in [0.1, 0.15) is 18.1 Å². The molecule has 134 valence electrons. The summed E-state index contributed by atoms with van der Waals surface area (Å²) in [6.45, 7) is 1.91. The highest BCUT2D eigenvalue weighted by Gasteiger charge is 2.23. The van der Waals surface area contributed by atoms with Crippen LogP contribution in [0.25, 0.3) is 0 Å². The fourth-order valence-corrected chi connectivity index (χ4v) is 2.22. The third kappa shape index (κ3) is 5.42. The zero-order valence-corrected chi connectivity index (χ0v) is 14.6. The van der Waals surface area contributed by atoms with Crippen molar-refractivity contribution in [2.45, 2.75) is 19.1 Å². The first kappa shape index (κ1) is 18.7. The summed E-state index contributed by atoms with van der Waals surface area (Å²) in [6.07, 6.45) is 1.68. The minimum atomic E-state index is -1.29. The van der Waals surface area contributed by atoms with Gasteiger partial charge in [-0.1, -0.05) is 12.1 Å². The van der Waals surface area contributed by atoms with Gasteiger partial charge in [0, 0.05) is 26.8 Å². The Morgan fingerprint density at radius 1 is 1.24 bits per heavy atom. The molecular formula is C18H23FN4O2. The van der Waals surface area contributed by atoms with E-state index in [0.717, 1.165) is 11.4 Å². The van der Waals surface area contributed by atoms with Crippen molar-refractivity contribution in [3.05, 3.63) is 59.5 Å². The summed E-state index contributed by atoms with van der Waals surface area (Å²) in [5, 5.41) is 15.8. The van der Waals surface area contributed by atoms with Gasteiger partial charge >= 0.3 is 6.03 Å². The van der Waals surface area contributed by atoms with Crippen LogP contribution in [-0.4, -0.2) is 36.8 Å².